The predicted molar refractivity (Wildman–Crippen MR) is 99.1 cm³/mol. The summed E-state index contributed by atoms with van der Waals surface area (Å²) in [4.78, 5) is 11.4. The van der Waals surface area contributed by atoms with Gasteiger partial charge in [0.2, 0.25) is 10.0 Å². The molecule has 5 rings (SSSR count). The molecule has 3 aliphatic heterocycles. The Hall–Kier alpha value is -1.51. The van der Waals surface area contributed by atoms with E-state index in [-0.39, 0.29) is 12.1 Å². The van der Waals surface area contributed by atoms with Crippen LogP contribution in [0.5, 0.6) is 0 Å². The molecule has 132 valence electrons. The molecule has 3 fully saturated rings. The molecule has 0 aliphatic carbocycles. The first-order chi connectivity index (χ1) is 11.8. The van der Waals surface area contributed by atoms with Crippen molar-refractivity contribution in [2.45, 2.75) is 37.2 Å². The van der Waals surface area contributed by atoms with Gasteiger partial charge in [-0.05, 0) is 44.5 Å². The summed E-state index contributed by atoms with van der Waals surface area (Å²) >= 11 is 3.35. The number of halogens is 1. The Morgan fingerprint density at radius 3 is 2.32 bits per heavy atom. The van der Waals surface area contributed by atoms with E-state index >= 15 is 0 Å². The minimum atomic E-state index is -3.45. The summed E-state index contributed by atoms with van der Waals surface area (Å²) in [6.07, 6.45) is 0.912. The minimum Gasteiger partial charge on any atom is -0.353 e. The second kappa shape index (κ2) is 6.03. The zero-order chi connectivity index (χ0) is 17.8. The topological polar surface area (TPSA) is 66.4 Å². The third-order valence-corrected chi connectivity index (χ3v) is 7.34. The molecule has 3 aliphatic rings. The fourth-order valence-corrected chi connectivity index (χ4v) is 5.82. The Labute approximate surface area is 156 Å². The molecule has 0 N–H and O–H groups in total. The van der Waals surface area contributed by atoms with E-state index in [4.69, 9.17) is 0 Å². The molecule has 25 heavy (non-hydrogen) atoms. The fraction of sp³-hybridized carbons (Fsp3) is 0.412. The fourth-order valence-electron chi connectivity index (χ4n) is 3.74. The number of hydrogen-bond donors (Lipinski definition) is 0. The highest BCUT2D eigenvalue weighted by molar-refractivity contribution is 9.10. The number of hydrogen-bond acceptors (Lipinski definition) is 5. The van der Waals surface area contributed by atoms with Gasteiger partial charge in [0.05, 0.1) is 4.90 Å². The zero-order valence-electron chi connectivity index (χ0n) is 14.1. The number of piperazine rings is 1. The molecule has 2 aromatic rings. The Kier molecular flexibility index (Phi) is 4.09. The molecular weight excluding hydrogens is 404 g/mol. The first kappa shape index (κ1) is 16.9. The van der Waals surface area contributed by atoms with Crippen LogP contribution in [-0.4, -0.2) is 47.9 Å². The molecule has 3 saturated heterocycles. The van der Waals surface area contributed by atoms with Crippen molar-refractivity contribution in [1.29, 1.82) is 0 Å². The van der Waals surface area contributed by atoms with Gasteiger partial charge in [0.1, 0.15) is 11.6 Å². The van der Waals surface area contributed by atoms with Gasteiger partial charge >= 0.3 is 0 Å². The van der Waals surface area contributed by atoms with Gasteiger partial charge in [-0.15, -0.1) is 0 Å². The number of sulfonamides is 1. The molecule has 6 nitrogen and oxygen atoms in total. The van der Waals surface area contributed by atoms with Gasteiger partial charge in [0.25, 0.3) is 0 Å². The van der Waals surface area contributed by atoms with Crippen LogP contribution >= 0.6 is 15.9 Å². The lowest BCUT2D eigenvalue weighted by Gasteiger charge is -2.55. The van der Waals surface area contributed by atoms with E-state index in [0.29, 0.717) is 18.0 Å². The standard InChI is InChI=1S/C17H19BrN4O2S/c1-11-7-17(20-12(2)19-11)21-9-14-8-15(10-21)22(14)25(23,24)16-5-3-13(18)4-6-16/h3-7,14-15H,8-10H2,1-2H3. The summed E-state index contributed by atoms with van der Waals surface area (Å²) in [6.45, 7) is 5.17. The average molecular weight is 423 g/mol. The van der Waals surface area contributed by atoms with Gasteiger partial charge in [-0.25, -0.2) is 18.4 Å². The lowest BCUT2D eigenvalue weighted by atomic mass is 9.91. The largest absolute Gasteiger partial charge is 0.353 e. The van der Waals surface area contributed by atoms with Gasteiger partial charge in [0, 0.05) is 41.4 Å². The highest BCUT2D eigenvalue weighted by Crippen LogP contribution is 2.38. The van der Waals surface area contributed by atoms with Crippen molar-refractivity contribution >= 4 is 31.8 Å². The third kappa shape index (κ3) is 2.96. The SMILES string of the molecule is Cc1cc(N2CC3CC(C2)N3S(=O)(=O)c2ccc(Br)cc2)nc(C)n1. The number of aryl methyl sites for hydroxylation is 2. The van der Waals surface area contributed by atoms with E-state index in [9.17, 15) is 8.42 Å². The van der Waals surface area contributed by atoms with Crippen LogP contribution in [0.3, 0.4) is 0 Å². The Bertz CT molecular complexity index is 884. The molecule has 2 atom stereocenters. The number of anilines is 1. The highest BCUT2D eigenvalue weighted by Gasteiger charge is 2.51. The number of aromatic nitrogens is 2. The number of benzene rings is 1. The smallest absolute Gasteiger partial charge is 0.243 e. The van der Waals surface area contributed by atoms with Gasteiger partial charge in [-0.3, -0.25) is 0 Å². The van der Waals surface area contributed by atoms with Crippen LogP contribution < -0.4 is 4.90 Å². The molecule has 8 heteroatoms. The van der Waals surface area contributed by atoms with E-state index < -0.39 is 10.0 Å². The van der Waals surface area contributed by atoms with Crippen LogP contribution in [-0.2, 0) is 10.0 Å². The monoisotopic (exact) mass is 422 g/mol. The van der Waals surface area contributed by atoms with E-state index in [2.05, 4.69) is 30.8 Å². The van der Waals surface area contributed by atoms with Crippen molar-refractivity contribution in [3.05, 3.63) is 46.3 Å². The molecule has 0 amide bonds. The van der Waals surface area contributed by atoms with Crippen LogP contribution in [0.1, 0.15) is 17.9 Å². The van der Waals surface area contributed by atoms with Gasteiger partial charge in [-0.1, -0.05) is 15.9 Å². The maximum atomic E-state index is 13.0. The second-order valence-corrected chi connectivity index (χ2v) is 9.41. The Morgan fingerprint density at radius 1 is 1.08 bits per heavy atom. The van der Waals surface area contributed by atoms with Crippen LogP contribution in [0.2, 0.25) is 0 Å². The first-order valence-electron chi connectivity index (χ1n) is 8.21. The maximum Gasteiger partial charge on any atom is 0.243 e. The van der Waals surface area contributed by atoms with E-state index in [1.165, 1.54) is 0 Å². The van der Waals surface area contributed by atoms with Gasteiger partial charge in [-0.2, -0.15) is 4.31 Å². The van der Waals surface area contributed by atoms with E-state index in [0.717, 1.165) is 28.2 Å². The molecule has 4 heterocycles. The van der Waals surface area contributed by atoms with E-state index in [1.807, 2.05) is 19.9 Å². The molecule has 1 aromatic carbocycles. The molecule has 2 unspecified atom stereocenters. The Balaban J connectivity index is 1.56. The minimum absolute atomic E-state index is 0.00275. The van der Waals surface area contributed by atoms with Gasteiger partial charge in [0.15, 0.2) is 0 Å². The van der Waals surface area contributed by atoms with Gasteiger partial charge < -0.3 is 4.90 Å². The number of nitrogens with zero attached hydrogens (tertiary/aromatic N) is 4. The molecule has 1 aromatic heterocycles. The van der Waals surface area contributed by atoms with Crippen molar-refractivity contribution in [3.8, 4) is 0 Å². The van der Waals surface area contributed by atoms with Crippen molar-refractivity contribution in [2.75, 3.05) is 18.0 Å². The normalized spacial score (nSPS) is 23.4. The zero-order valence-corrected chi connectivity index (χ0v) is 16.5. The van der Waals surface area contributed by atoms with E-state index in [1.54, 1.807) is 28.6 Å². The van der Waals surface area contributed by atoms with Crippen molar-refractivity contribution in [2.24, 2.45) is 0 Å². The van der Waals surface area contributed by atoms with Crippen molar-refractivity contribution < 1.29 is 8.42 Å². The maximum absolute atomic E-state index is 13.0. The third-order valence-electron chi connectivity index (χ3n) is 4.79. The second-order valence-electron chi connectivity index (χ2n) is 6.65. The molecule has 2 bridgehead atoms. The molecule has 0 radical (unpaired) electrons. The van der Waals surface area contributed by atoms with Crippen molar-refractivity contribution in [3.63, 3.8) is 0 Å². The number of rotatable bonds is 3. The van der Waals surface area contributed by atoms with Crippen LogP contribution in [0.15, 0.2) is 39.7 Å². The first-order valence-corrected chi connectivity index (χ1v) is 10.4. The van der Waals surface area contributed by atoms with Crippen LogP contribution in [0.25, 0.3) is 0 Å². The number of piperidine rings is 1. The lowest BCUT2D eigenvalue weighted by molar-refractivity contribution is 0.0874. The summed E-state index contributed by atoms with van der Waals surface area (Å²) in [6, 6.07) is 8.81. The molecule has 0 saturated carbocycles. The van der Waals surface area contributed by atoms with Crippen molar-refractivity contribution in [1.82, 2.24) is 14.3 Å². The summed E-state index contributed by atoms with van der Waals surface area (Å²) in [7, 11) is -3.45. The predicted octanol–water partition coefficient (Wildman–Crippen LogP) is 2.51. The lowest BCUT2D eigenvalue weighted by Crippen LogP contribution is -2.70. The van der Waals surface area contributed by atoms with Crippen LogP contribution in [0, 0.1) is 13.8 Å². The van der Waals surface area contributed by atoms with Crippen LogP contribution in [0.4, 0.5) is 5.82 Å². The Morgan fingerprint density at radius 2 is 1.72 bits per heavy atom. The molecular formula is C17H19BrN4O2S. The average Bonchev–Trinajstić information content (AvgIpc) is 2.54. The quantitative estimate of drug-likeness (QED) is 0.759. The number of fused-ring (bicyclic) bond motifs is 2. The summed E-state index contributed by atoms with van der Waals surface area (Å²) in [5, 5.41) is 0. The summed E-state index contributed by atoms with van der Waals surface area (Å²) in [5.74, 6) is 1.63. The summed E-state index contributed by atoms with van der Waals surface area (Å²) in [5.41, 5.74) is 0.932. The summed E-state index contributed by atoms with van der Waals surface area (Å²) < 4.78 is 28.5. The highest BCUT2D eigenvalue weighted by atomic mass is 79.9. The molecule has 0 spiro atoms.